The van der Waals surface area contributed by atoms with E-state index in [1.54, 1.807) is 26.0 Å². The Bertz CT molecular complexity index is 762. The van der Waals surface area contributed by atoms with Gasteiger partial charge in [0, 0.05) is 24.6 Å². The summed E-state index contributed by atoms with van der Waals surface area (Å²) in [6.07, 6.45) is 32.0. The second kappa shape index (κ2) is 27.3. The van der Waals surface area contributed by atoms with Crippen LogP contribution in [0.5, 0.6) is 0 Å². The first-order chi connectivity index (χ1) is 18.2. The van der Waals surface area contributed by atoms with Gasteiger partial charge in [0.2, 0.25) is 5.91 Å². The predicted molar refractivity (Wildman–Crippen MR) is 157 cm³/mol. The lowest BCUT2D eigenvalue weighted by molar-refractivity contribution is -0.137. The van der Waals surface area contributed by atoms with Gasteiger partial charge in [-0.25, -0.2) is 4.79 Å². The Kier molecular flexibility index (Phi) is 26.9. The number of rotatable bonds is 20. The van der Waals surface area contributed by atoms with Gasteiger partial charge in [0.05, 0.1) is 6.61 Å². The number of hydrogen-bond donors (Lipinski definition) is 5. The minimum atomic E-state index is -1.23. The van der Waals surface area contributed by atoms with Gasteiger partial charge in [0.25, 0.3) is 0 Å². The molecular formula is C31H51NO6. The zero-order chi connectivity index (χ0) is 28.9. The molecule has 1 atom stereocenters. The Labute approximate surface area is 230 Å². The van der Waals surface area contributed by atoms with E-state index in [0.29, 0.717) is 13.0 Å². The minimum absolute atomic E-state index is 0.000230. The summed E-state index contributed by atoms with van der Waals surface area (Å²) in [6.45, 7) is 5.52. The van der Waals surface area contributed by atoms with Gasteiger partial charge in [-0.1, -0.05) is 126 Å². The fraction of sp³-hybridized carbons (Fsp3) is 0.548. The van der Waals surface area contributed by atoms with E-state index < -0.39 is 23.4 Å². The Morgan fingerprint density at radius 3 is 1.76 bits per heavy atom. The lowest BCUT2D eigenvalue weighted by atomic mass is 9.87. The third kappa shape index (κ3) is 26.3. The molecule has 7 heteroatoms. The van der Waals surface area contributed by atoms with Crippen LogP contribution in [0.1, 0.15) is 78.6 Å². The van der Waals surface area contributed by atoms with E-state index in [-0.39, 0.29) is 13.2 Å². The fourth-order valence-corrected chi connectivity index (χ4v) is 2.87. The summed E-state index contributed by atoms with van der Waals surface area (Å²) in [7, 11) is 0. The molecule has 0 aromatic heterocycles. The monoisotopic (exact) mass is 533 g/mol. The number of aliphatic hydroxyl groups excluding tert-OH is 3. The number of unbranched alkanes of at least 4 members (excludes halogenated alkanes) is 7. The number of carboxylic acid groups (broad SMARTS) is 1. The molecule has 5 N–H and O–H groups in total. The molecule has 0 spiro atoms. The van der Waals surface area contributed by atoms with Crippen LogP contribution in [-0.4, -0.2) is 58.2 Å². The third-order valence-corrected chi connectivity index (χ3v) is 5.38. The maximum absolute atomic E-state index is 11.3. The molecule has 0 unspecified atom stereocenters. The molecule has 216 valence electrons. The molecule has 38 heavy (non-hydrogen) atoms. The van der Waals surface area contributed by atoms with Crippen molar-refractivity contribution in [3.05, 3.63) is 72.9 Å². The van der Waals surface area contributed by atoms with Crippen LogP contribution in [0, 0.1) is 5.41 Å². The molecule has 0 heterocycles. The number of carbonyl (C=O) groups excluding carboxylic acids is 1. The fourth-order valence-electron chi connectivity index (χ4n) is 2.87. The topological polar surface area (TPSA) is 127 Å². The zero-order valence-corrected chi connectivity index (χ0v) is 23.6. The number of amides is 1. The van der Waals surface area contributed by atoms with Crippen LogP contribution in [0.25, 0.3) is 0 Å². The summed E-state index contributed by atoms with van der Waals surface area (Å²) in [5, 5.41) is 37.7. The van der Waals surface area contributed by atoms with Crippen molar-refractivity contribution in [3.8, 4) is 0 Å². The molecule has 0 saturated heterocycles. The van der Waals surface area contributed by atoms with Crippen LogP contribution in [0.2, 0.25) is 0 Å². The van der Waals surface area contributed by atoms with Crippen LogP contribution >= 0.6 is 0 Å². The van der Waals surface area contributed by atoms with Crippen LogP contribution in [0.3, 0.4) is 0 Å². The number of aliphatic carboxylic acids is 1. The Hall–Kier alpha value is -2.74. The van der Waals surface area contributed by atoms with Crippen LogP contribution < -0.4 is 5.32 Å². The first kappa shape index (κ1) is 37.4. The highest BCUT2D eigenvalue weighted by molar-refractivity contribution is 5.81. The molecule has 0 bridgehead atoms. The lowest BCUT2D eigenvalue weighted by Gasteiger charge is -2.27. The van der Waals surface area contributed by atoms with E-state index in [1.165, 1.54) is 51.0 Å². The molecule has 1 amide bonds. The molecule has 7 nitrogen and oxygen atoms in total. The molecule has 0 radical (unpaired) electrons. The van der Waals surface area contributed by atoms with Gasteiger partial charge < -0.3 is 25.7 Å². The number of carboxylic acids is 1. The highest BCUT2D eigenvalue weighted by atomic mass is 16.4. The third-order valence-electron chi connectivity index (χ3n) is 5.38. The van der Waals surface area contributed by atoms with Crippen molar-refractivity contribution in [2.75, 3.05) is 19.8 Å². The average molecular weight is 534 g/mol. The Balaban J connectivity index is 0. The van der Waals surface area contributed by atoms with Crippen molar-refractivity contribution in [2.24, 2.45) is 5.41 Å². The summed E-state index contributed by atoms with van der Waals surface area (Å²) < 4.78 is 0. The highest BCUT2D eigenvalue weighted by Gasteiger charge is 2.32. The van der Waals surface area contributed by atoms with E-state index in [9.17, 15) is 14.7 Å². The standard InChI is InChI=1S/C22H32O2.C9H19NO4/c1-2-3-4-5-6-7-8-9-10-11-12-13-14-15-16-17-18-19-20-21-22(23)24;1-9(2,6-12)7(13)8(14)10-4-3-5-11/h10-21H,2-9H2,1H3,(H,23,24);7,11-13H,3-6H2,1-2H3,(H,10,14)/b11-10+,13-12+,15-14+,17-16+,19-18+,21-20+;/t;7-/m.0/s1. The summed E-state index contributed by atoms with van der Waals surface area (Å²) in [5.41, 5.74) is -0.844. The van der Waals surface area contributed by atoms with Gasteiger partial charge in [0.1, 0.15) is 6.10 Å². The van der Waals surface area contributed by atoms with E-state index >= 15 is 0 Å². The molecule has 0 aromatic carbocycles. The van der Waals surface area contributed by atoms with Crippen molar-refractivity contribution in [1.82, 2.24) is 5.32 Å². The van der Waals surface area contributed by atoms with Crippen LogP contribution in [-0.2, 0) is 9.59 Å². The molecule has 0 aliphatic carbocycles. The Morgan fingerprint density at radius 1 is 0.763 bits per heavy atom. The van der Waals surface area contributed by atoms with E-state index in [0.717, 1.165) is 12.5 Å². The molecular weight excluding hydrogens is 482 g/mol. The van der Waals surface area contributed by atoms with Crippen molar-refractivity contribution < 1.29 is 30.0 Å². The zero-order valence-electron chi connectivity index (χ0n) is 23.6. The maximum atomic E-state index is 11.3. The van der Waals surface area contributed by atoms with Crippen molar-refractivity contribution in [3.63, 3.8) is 0 Å². The molecule has 0 rings (SSSR count). The number of nitrogens with one attached hydrogen (secondary N) is 1. The van der Waals surface area contributed by atoms with E-state index in [1.807, 2.05) is 36.5 Å². The van der Waals surface area contributed by atoms with Crippen LogP contribution in [0.15, 0.2) is 72.9 Å². The van der Waals surface area contributed by atoms with Crippen LogP contribution in [0.4, 0.5) is 0 Å². The van der Waals surface area contributed by atoms with E-state index in [4.69, 9.17) is 15.3 Å². The van der Waals surface area contributed by atoms with Crippen molar-refractivity contribution in [2.45, 2.75) is 84.7 Å². The molecule has 0 fully saturated rings. The predicted octanol–water partition coefficient (Wildman–Crippen LogP) is 5.41. The van der Waals surface area contributed by atoms with Crippen molar-refractivity contribution in [1.29, 1.82) is 0 Å². The minimum Gasteiger partial charge on any atom is -0.478 e. The summed E-state index contributed by atoms with van der Waals surface area (Å²) >= 11 is 0. The van der Waals surface area contributed by atoms with Gasteiger partial charge in [-0.15, -0.1) is 0 Å². The molecule has 0 saturated carbocycles. The first-order valence-electron chi connectivity index (χ1n) is 13.6. The summed E-state index contributed by atoms with van der Waals surface area (Å²) in [4.78, 5) is 21.5. The van der Waals surface area contributed by atoms with Gasteiger partial charge in [-0.2, -0.15) is 0 Å². The largest absolute Gasteiger partial charge is 0.478 e. The molecule has 0 aliphatic rings. The first-order valence-corrected chi connectivity index (χ1v) is 13.6. The van der Waals surface area contributed by atoms with Gasteiger partial charge in [-0.3, -0.25) is 4.79 Å². The summed E-state index contributed by atoms with van der Waals surface area (Å²) in [5.74, 6) is -1.45. The molecule has 0 aromatic rings. The van der Waals surface area contributed by atoms with Gasteiger partial charge in [0.15, 0.2) is 0 Å². The van der Waals surface area contributed by atoms with E-state index in [2.05, 4.69) is 24.4 Å². The maximum Gasteiger partial charge on any atom is 0.328 e. The molecule has 0 aliphatic heterocycles. The number of allylic oxidation sites excluding steroid dienone is 11. The number of aliphatic hydroxyl groups is 3. The highest BCUT2D eigenvalue weighted by Crippen LogP contribution is 2.19. The normalized spacial score (nSPS) is 13.3. The second-order valence-electron chi connectivity index (χ2n) is 9.49. The summed E-state index contributed by atoms with van der Waals surface area (Å²) in [6, 6.07) is 0. The average Bonchev–Trinajstić information content (AvgIpc) is 2.89. The van der Waals surface area contributed by atoms with Gasteiger partial charge >= 0.3 is 5.97 Å². The quantitative estimate of drug-likeness (QED) is 0.0809. The number of carbonyl (C=O) groups is 2. The van der Waals surface area contributed by atoms with Crippen molar-refractivity contribution >= 4 is 11.9 Å². The second-order valence-corrected chi connectivity index (χ2v) is 9.49. The Morgan fingerprint density at radius 2 is 1.26 bits per heavy atom. The lowest BCUT2D eigenvalue weighted by Crippen LogP contribution is -2.45. The van der Waals surface area contributed by atoms with Gasteiger partial charge in [-0.05, 0) is 19.3 Å². The number of hydrogen-bond acceptors (Lipinski definition) is 5. The SMILES string of the molecule is CC(C)(CO)[C@@H](O)C(=O)NCCCO.CCCCCCCCC/C=C/C=C/C=C/C=C/C=C/C=C/C(=O)O. The smallest absolute Gasteiger partial charge is 0.328 e.